The van der Waals surface area contributed by atoms with Crippen LogP contribution in [0.4, 0.5) is 0 Å². The number of hydrogen-bond donors (Lipinski definition) is 2. The first kappa shape index (κ1) is 20.9. The highest BCUT2D eigenvalue weighted by molar-refractivity contribution is 6.30. The molecule has 0 aliphatic heterocycles. The van der Waals surface area contributed by atoms with Crippen molar-refractivity contribution in [3.05, 3.63) is 89.0 Å². The van der Waals surface area contributed by atoms with Gasteiger partial charge in [-0.3, -0.25) is 4.99 Å². The molecule has 0 saturated heterocycles. The molecule has 0 radical (unpaired) electrons. The number of hydrogen-bond acceptors (Lipinski definition) is 2. The fourth-order valence-corrected chi connectivity index (χ4v) is 3.33. The minimum absolute atomic E-state index is 0.679. The first-order chi connectivity index (χ1) is 14.2. The molecule has 1 aromatic heterocycles. The molecular formula is C23H28ClN5. The zero-order valence-corrected chi connectivity index (χ0v) is 17.6. The van der Waals surface area contributed by atoms with Gasteiger partial charge in [0, 0.05) is 50.0 Å². The van der Waals surface area contributed by atoms with Crippen molar-refractivity contribution in [1.29, 1.82) is 0 Å². The van der Waals surface area contributed by atoms with Crippen LogP contribution in [0.2, 0.25) is 5.02 Å². The van der Waals surface area contributed by atoms with Crippen LogP contribution in [0.1, 0.15) is 23.9 Å². The summed E-state index contributed by atoms with van der Waals surface area (Å²) in [5, 5.41) is 7.46. The Hall–Kier alpha value is -2.79. The third kappa shape index (κ3) is 6.95. The van der Waals surface area contributed by atoms with Crippen LogP contribution in [0, 0.1) is 0 Å². The molecule has 5 nitrogen and oxygen atoms in total. The highest BCUT2D eigenvalue weighted by Crippen LogP contribution is 2.10. The molecule has 2 N–H and O–H groups in total. The lowest BCUT2D eigenvalue weighted by atomic mass is 10.1. The van der Waals surface area contributed by atoms with Crippen LogP contribution in [-0.4, -0.2) is 35.1 Å². The quantitative estimate of drug-likeness (QED) is 0.416. The second kappa shape index (κ2) is 11.3. The van der Waals surface area contributed by atoms with Gasteiger partial charge in [0.1, 0.15) is 5.82 Å². The van der Waals surface area contributed by atoms with Crippen molar-refractivity contribution in [2.24, 2.45) is 4.99 Å². The topological polar surface area (TPSA) is 54.2 Å². The number of nitrogens with one attached hydrogen (secondary N) is 2. The highest BCUT2D eigenvalue weighted by Gasteiger charge is 2.04. The molecule has 3 aromatic rings. The van der Waals surface area contributed by atoms with Crippen LogP contribution >= 0.6 is 11.6 Å². The number of guanidine groups is 1. The lowest BCUT2D eigenvalue weighted by Crippen LogP contribution is -2.38. The van der Waals surface area contributed by atoms with Gasteiger partial charge >= 0.3 is 0 Å². The summed E-state index contributed by atoms with van der Waals surface area (Å²) in [6, 6.07) is 18.4. The minimum Gasteiger partial charge on any atom is -0.357 e. The summed E-state index contributed by atoms with van der Waals surface area (Å²) in [7, 11) is 0. The van der Waals surface area contributed by atoms with Crippen molar-refractivity contribution in [2.75, 3.05) is 19.6 Å². The van der Waals surface area contributed by atoms with E-state index in [1.54, 1.807) is 0 Å². The van der Waals surface area contributed by atoms with Crippen molar-refractivity contribution in [3.8, 4) is 0 Å². The van der Waals surface area contributed by atoms with E-state index in [1.165, 1.54) is 11.1 Å². The largest absolute Gasteiger partial charge is 0.357 e. The maximum atomic E-state index is 6.05. The van der Waals surface area contributed by atoms with Crippen LogP contribution in [0.5, 0.6) is 0 Å². The second-order valence-corrected chi connectivity index (χ2v) is 7.21. The molecule has 0 spiro atoms. The monoisotopic (exact) mass is 409 g/mol. The Balaban J connectivity index is 1.51. The number of imidazole rings is 1. The zero-order chi connectivity index (χ0) is 20.3. The minimum atomic E-state index is 0.679. The molecule has 6 heteroatoms. The Bertz CT molecular complexity index is 904. The van der Waals surface area contributed by atoms with Crippen LogP contribution in [0.3, 0.4) is 0 Å². The van der Waals surface area contributed by atoms with E-state index in [2.05, 4.69) is 57.4 Å². The predicted octanol–water partition coefficient (Wildman–Crippen LogP) is 3.93. The summed E-state index contributed by atoms with van der Waals surface area (Å²) in [4.78, 5) is 9.21. The van der Waals surface area contributed by atoms with E-state index < -0.39 is 0 Å². The molecule has 1 heterocycles. The Kier molecular flexibility index (Phi) is 8.13. The standard InChI is InChI=1S/C23H28ClN5/c1-2-25-23(27-13-11-19-9-6-10-21(24)17-19)28-14-12-22-26-15-16-29(22)18-20-7-4-3-5-8-20/h3-10,15-17H,2,11-14,18H2,1H3,(H2,25,27,28). The molecule has 0 aliphatic carbocycles. The fraction of sp³-hybridized carbons (Fsp3) is 0.304. The molecule has 152 valence electrons. The SMILES string of the molecule is CCNC(=NCCc1nccn1Cc1ccccc1)NCCc1cccc(Cl)c1. The normalized spacial score (nSPS) is 11.4. The van der Waals surface area contributed by atoms with Crippen LogP contribution in [0.15, 0.2) is 72.0 Å². The van der Waals surface area contributed by atoms with E-state index in [4.69, 9.17) is 16.6 Å². The molecule has 2 aromatic carbocycles. The van der Waals surface area contributed by atoms with Gasteiger partial charge < -0.3 is 15.2 Å². The van der Waals surface area contributed by atoms with Gasteiger partial charge in [0.25, 0.3) is 0 Å². The van der Waals surface area contributed by atoms with Gasteiger partial charge in [-0.05, 0) is 36.6 Å². The molecule has 0 bridgehead atoms. The van der Waals surface area contributed by atoms with Gasteiger partial charge in [0.15, 0.2) is 5.96 Å². The average molecular weight is 410 g/mol. The van der Waals surface area contributed by atoms with E-state index in [0.29, 0.717) is 6.54 Å². The van der Waals surface area contributed by atoms with Crippen molar-refractivity contribution < 1.29 is 0 Å². The number of aliphatic imine (C=N–C) groups is 1. The van der Waals surface area contributed by atoms with E-state index in [-0.39, 0.29) is 0 Å². The summed E-state index contributed by atoms with van der Waals surface area (Å²) < 4.78 is 2.18. The Morgan fingerprint density at radius 3 is 2.66 bits per heavy atom. The first-order valence-electron chi connectivity index (χ1n) is 10.0. The van der Waals surface area contributed by atoms with Crippen LogP contribution in [-0.2, 0) is 19.4 Å². The van der Waals surface area contributed by atoms with Gasteiger partial charge in [0.05, 0.1) is 0 Å². The smallest absolute Gasteiger partial charge is 0.191 e. The molecule has 0 amide bonds. The van der Waals surface area contributed by atoms with Gasteiger partial charge in [0.2, 0.25) is 0 Å². The van der Waals surface area contributed by atoms with Gasteiger partial charge in [-0.2, -0.15) is 0 Å². The summed E-state index contributed by atoms with van der Waals surface area (Å²) in [5.74, 6) is 1.88. The van der Waals surface area contributed by atoms with Crippen molar-refractivity contribution in [3.63, 3.8) is 0 Å². The number of halogens is 1. The first-order valence-corrected chi connectivity index (χ1v) is 10.4. The third-order valence-electron chi connectivity index (χ3n) is 4.54. The van der Waals surface area contributed by atoms with Crippen molar-refractivity contribution in [2.45, 2.75) is 26.3 Å². The zero-order valence-electron chi connectivity index (χ0n) is 16.8. The summed E-state index contributed by atoms with van der Waals surface area (Å²) in [6.07, 6.45) is 5.58. The molecule has 0 fully saturated rings. The third-order valence-corrected chi connectivity index (χ3v) is 4.78. The predicted molar refractivity (Wildman–Crippen MR) is 121 cm³/mol. The lowest BCUT2D eigenvalue weighted by Gasteiger charge is -2.12. The van der Waals surface area contributed by atoms with Crippen LogP contribution in [0.25, 0.3) is 0 Å². The molecule has 0 unspecified atom stereocenters. The van der Waals surface area contributed by atoms with E-state index in [0.717, 1.165) is 49.3 Å². The number of nitrogens with zero attached hydrogens (tertiary/aromatic N) is 3. The van der Waals surface area contributed by atoms with Gasteiger partial charge in [-0.15, -0.1) is 0 Å². The van der Waals surface area contributed by atoms with Gasteiger partial charge in [-0.1, -0.05) is 54.1 Å². The second-order valence-electron chi connectivity index (χ2n) is 6.77. The maximum Gasteiger partial charge on any atom is 0.191 e. The summed E-state index contributed by atoms with van der Waals surface area (Å²) >= 11 is 6.05. The van der Waals surface area contributed by atoms with Crippen LogP contribution < -0.4 is 10.6 Å². The Morgan fingerprint density at radius 1 is 1.03 bits per heavy atom. The summed E-state index contributed by atoms with van der Waals surface area (Å²) in [6.45, 7) is 5.21. The molecule has 0 aliphatic rings. The Morgan fingerprint density at radius 2 is 1.86 bits per heavy atom. The van der Waals surface area contributed by atoms with E-state index in [1.807, 2.05) is 36.7 Å². The Labute approximate surface area is 177 Å². The van der Waals surface area contributed by atoms with Crippen molar-refractivity contribution in [1.82, 2.24) is 20.2 Å². The van der Waals surface area contributed by atoms with E-state index in [9.17, 15) is 0 Å². The highest BCUT2D eigenvalue weighted by atomic mass is 35.5. The lowest BCUT2D eigenvalue weighted by molar-refractivity contribution is 0.712. The van der Waals surface area contributed by atoms with E-state index >= 15 is 0 Å². The number of benzene rings is 2. The number of rotatable bonds is 9. The molecule has 0 atom stereocenters. The summed E-state index contributed by atoms with van der Waals surface area (Å²) in [5.41, 5.74) is 2.48. The average Bonchev–Trinajstić information content (AvgIpc) is 3.16. The molecular weight excluding hydrogens is 382 g/mol. The van der Waals surface area contributed by atoms with Crippen molar-refractivity contribution >= 4 is 17.6 Å². The van der Waals surface area contributed by atoms with Gasteiger partial charge in [-0.25, -0.2) is 4.98 Å². The maximum absolute atomic E-state index is 6.05. The molecule has 29 heavy (non-hydrogen) atoms. The molecule has 0 saturated carbocycles. The molecule has 3 rings (SSSR count). The fourth-order valence-electron chi connectivity index (χ4n) is 3.12. The number of aromatic nitrogens is 2.